The summed E-state index contributed by atoms with van der Waals surface area (Å²) in [5.41, 5.74) is 0.865. The van der Waals surface area contributed by atoms with Crippen LogP contribution in [-0.2, 0) is 14.3 Å². The van der Waals surface area contributed by atoms with Gasteiger partial charge in [-0.05, 0) is 44.5 Å². The van der Waals surface area contributed by atoms with E-state index in [1.54, 1.807) is 32.0 Å². The molecule has 1 amide bonds. The summed E-state index contributed by atoms with van der Waals surface area (Å²) in [4.78, 5) is 23.0. The van der Waals surface area contributed by atoms with Crippen molar-refractivity contribution in [2.45, 2.75) is 26.8 Å². The van der Waals surface area contributed by atoms with Gasteiger partial charge in [0.15, 0.2) is 6.61 Å². The topological polar surface area (TPSA) is 64.6 Å². The zero-order chi connectivity index (χ0) is 15.1. The largest absolute Gasteiger partial charge is 0.484 e. The molecule has 0 saturated carbocycles. The van der Waals surface area contributed by atoms with Crippen LogP contribution in [0.15, 0.2) is 18.2 Å². The van der Waals surface area contributed by atoms with Gasteiger partial charge in [-0.15, -0.1) is 0 Å². The van der Waals surface area contributed by atoms with E-state index in [1.807, 2.05) is 6.92 Å². The first-order valence-electron chi connectivity index (χ1n) is 6.29. The van der Waals surface area contributed by atoms with Gasteiger partial charge >= 0.3 is 5.97 Å². The van der Waals surface area contributed by atoms with Gasteiger partial charge in [0.05, 0.1) is 6.61 Å². The molecule has 5 nitrogen and oxygen atoms in total. The number of ether oxygens (including phenoxy) is 2. The van der Waals surface area contributed by atoms with Crippen LogP contribution >= 0.6 is 11.6 Å². The number of amides is 1. The molecule has 1 unspecified atom stereocenters. The highest BCUT2D eigenvalue weighted by atomic mass is 35.5. The van der Waals surface area contributed by atoms with Gasteiger partial charge in [0.2, 0.25) is 0 Å². The van der Waals surface area contributed by atoms with Crippen molar-refractivity contribution in [2.24, 2.45) is 0 Å². The van der Waals surface area contributed by atoms with Crippen LogP contribution < -0.4 is 10.1 Å². The number of hydrogen-bond donors (Lipinski definition) is 1. The molecule has 1 rings (SSSR count). The second kappa shape index (κ2) is 7.75. The lowest BCUT2D eigenvalue weighted by atomic mass is 10.2. The van der Waals surface area contributed by atoms with E-state index in [0.29, 0.717) is 10.8 Å². The molecule has 0 radical (unpaired) electrons. The molecule has 0 aliphatic carbocycles. The predicted molar refractivity (Wildman–Crippen MR) is 75.9 cm³/mol. The Morgan fingerprint density at radius 1 is 1.40 bits per heavy atom. The van der Waals surface area contributed by atoms with E-state index in [2.05, 4.69) is 5.32 Å². The Morgan fingerprint density at radius 3 is 2.70 bits per heavy atom. The zero-order valence-electron chi connectivity index (χ0n) is 11.7. The third kappa shape index (κ3) is 5.09. The Kier molecular flexibility index (Phi) is 6.31. The van der Waals surface area contributed by atoms with E-state index < -0.39 is 17.9 Å². The molecule has 1 N–H and O–H groups in total. The van der Waals surface area contributed by atoms with E-state index >= 15 is 0 Å². The fourth-order valence-electron chi connectivity index (χ4n) is 1.47. The first kappa shape index (κ1) is 16.3. The number of carbonyl (C=O) groups excluding carboxylic acids is 2. The fraction of sp³-hybridized carbons (Fsp3) is 0.429. The van der Waals surface area contributed by atoms with Crippen LogP contribution in [0.1, 0.15) is 19.4 Å². The molecule has 1 atom stereocenters. The molecule has 0 heterocycles. The molecule has 0 saturated heterocycles. The number of carbonyl (C=O) groups is 2. The van der Waals surface area contributed by atoms with Crippen LogP contribution in [0.3, 0.4) is 0 Å². The van der Waals surface area contributed by atoms with Crippen molar-refractivity contribution in [3.05, 3.63) is 28.8 Å². The molecule has 110 valence electrons. The minimum atomic E-state index is -0.696. The maximum Gasteiger partial charge on any atom is 0.328 e. The monoisotopic (exact) mass is 299 g/mol. The number of hydrogen-bond acceptors (Lipinski definition) is 4. The van der Waals surface area contributed by atoms with E-state index in [1.165, 1.54) is 0 Å². The number of nitrogens with one attached hydrogen (secondary N) is 1. The maximum atomic E-state index is 11.6. The highest BCUT2D eigenvalue weighted by Crippen LogP contribution is 2.20. The summed E-state index contributed by atoms with van der Waals surface area (Å²) >= 11 is 5.89. The van der Waals surface area contributed by atoms with E-state index in [4.69, 9.17) is 21.1 Å². The smallest absolute Gasteiger partial charge is 0.328 e. The normalized spacial score (nSPS) is 11.6. The van der Waals surface area contributed by atoms with Crippen LogP contribution in [0.25, 0.3) is 0 Å². The van der Waals surface area contributed by atoms with E-state index in [-0.39, 0.29) is 13.2 Å². The van der Waals surface area contributed by atoms with Crippen molar-refractivity contribution < 1.29 is 19.1 Å². The molecule has 0 bridgehead atoms. The number of rotatable bonds is 6. The number of aryl methyl sites for hydroxylation is 1. The molecule has 0 fully saturated rings. The SMILES string of the molecule is CCOC(=O)C(C)NC(=O)COc1ccc(Cl)c(C)c1. The molecule has 20 heavy (non-hydrogen) atoms. The van der Waals surface area contributed by atoms with Crippen LogP contribution in [0.4, 0.5) is 0 Å². The second-order valence-electron chi connectivity index (χ2n) is 4.24. The number of benzene rings is 1. The Hall–Kier alpha value is -1.75. The van der Waals surface area contributed by atoms with Crippen molar-refractivity contribution in [2.75, 3.05) is 13.2 Å². The van der Waals surface area contributed by atoms with Crippen LogP contribution in [-0.4, -0.2) is 31.1 Å². The highest BCUT2D eigenvalue weighted by molar-refractivity contribution is 6.31. The predicted octanol–water partition coefficient (Wildman–Crippen LogP) is 2.10. The molecule has 0 spiro atoms. The average molecular weight is 300 g/mol. The Morgan fingerprint density at radius 2 is 2.10 bits per heavy atom. The lowest BCUT2D eigenvalue weighted by molar-refractivity contribution is -0.147. The van der Waals surface area contributed by atoms with Gasteiger partial charge in [-0.25, -0.2) is 4.79 Å². The van der Waals surface area contributed by atoms with Gasteiger partial charge in [-0.3, -0.25) is 4.79 Å². The van der Waals surface area contributed by atoms with Crippen LogP contribution in [0.5, 0.6) is 5.75 Å². The van der Waals surface area contributed by atoms with E-state index in [9.17, 15) is 9.59 Å². The summed E-state index contributed by atoms with van der Waals surface area (Å²) < 4.78 is 10.1. The van der Waals surface area contributed by atoms with Gasteiger partial charge in [-0.2, -0.15) is 0 Å². The summed E-state index contributed by atoms with van der Waals surface area (Å²) in [5, 5.41) is 3.13. The minimum absolute atomic E-state index is 0.176. The van der Waals surface area contributed by atoms with Crippen molar-refractivity contribution >= 4 is 23.5 Å². The van der Waals surface area contributed by atoms with Crippen molar-refractivity contribution in [3.63, 3.8) is 0 Å². The van der Waals surface area contributed by atoms with Crippen molar-refractivity contribution in [1.29, 1.82) is 0 Å². The zero-order valence-corrected chi connectivity index (χ0v) is 12.5. The molecule has 1 aromatic rings. The average Bonchev–Trinajstić information content (AvgIpc) is 2.40. The van der Waals surface area contributed by atoms with Crippen LogP contribution in [0, 0.1) is 6.92 Å². The summed E-state index contributed by atoms with van der Waals surface area (Å²) in [6.07, 6.45) is 0. The van der Waals surface area contributed by atoms with Crippen molar-refractivity contribution in [1.82, 2.24) is 5.32 Å². The number of halogens is 1. The van der Waals surface area contributed by atoms with E-state index in [0.717, 1.165) is 5.56 Å². The second-order valence-corrected chi connectivity index (χ2v) is 4.65. The lowest BCUT2D eigenvalue weighted by Gasteiger charge is -2.13. The Balaban J connectivity index is 2.43. The Labute approximate surface area is 123 Å². The highest BCUT2D eigenvalue weighted by Gasteiger charge is 2.16. The van der Waals surface area contributed by atoms with Gasteiger partial charge in [0, 0.05) is 5.02 Å². The first-order valence-corrected chi connectivity index (χ1v) is 6.66. The fourth-order valence-corrected chi connectivity index (χ4v) is 1.58. The van der Waals surface area contributed by atoms with Crippen LogP contribution in [0.2, 0.25) is 5.02 Å². The standard InChI is InChI=1S/C14H18ClNO4/c1-4-19-14(18)10(3)16-13(17)8-20-11-5-6-12(15)9(2)7-11/h5-7,10H,4,8H2,1-3H3,(H,16,17). The molecular formula is C14H18ClNO4. The summed E-state index contributed by atoms with van der Waals surface area (Å²) in [7, 11) is 0. The summed E-state index contributed by atoms with van der Waals surface area (Å²) in [5.74, 6) is -0.313. The maximum absolute atomic E-state index is 11.6. The third-order valence-electron chi connectivity index (χ3n) is 2.52. The number of esters is 1. The van der Waals surface area contributed by atoms with Gasteiger partial charge < -0.3 is 14.8 Å². The summed E-state index contributed by atoms with van der Waals surface area (Å²) in [6, 6.07) is 4.42. The van der Waals surface area contributed by atoms with Crippen molar-refractivity contribution in [3.8, 4) is 5.75 Å². The first-order chi connectivity index (χ1) is 9.43. The quantitative estimate of drug-likeness (QED) is 0.817. The Bertz CT molecular complexity index is 490. The molecule has 0 aliphatic rings. The van der Waals surface area contributed by atoms with Gasteiger partial charge in [0.25, 0.3) is 5.91 Å². The molecule has 1 aromatic carbocycles. The summed E-state index contributed by atoms with van der Waals surface area (Å²) in [6.45, 7) is 5.21. The molecule has 0 aliphatic heterocycles. The third-order valence-corrected chi connectivity index (χ3v) is 2.94. The van der Waals surface area contributed by atoms with Gasteiger partial charge in [-0.1, -0.05) is 11.6 Å². The minimum Gasteiger partial charge on any atom is -0.484 e. The molecule has 6 heteroatoms. The van der Waals surface area contributed by atoms with Gasteiger partial charge in [0.1, 0.15) is 11.8 Å². The lowest BCUT2D eigenvalue weighted by Crippen LogP contribution is -2.41. The molecule has 0 aromatic heterocycles. The molecular weight excluding hydrogens is 282 g/mol.